The van der Waals surface area contributed by atoms with Gasteiger partial charge >= 0.3 is 0 Å². The van der Waals surface area contributed by atoms with Crippen molar-refractivity contribution in [1.29, 1.82) is 0 Å². The lowest BCUT2D eigenvalue weighted by molar-refractivity contribution is 0.132. The third-order valence-electron chi connectivity index (χ3n) is 3.72. The Labute approximate surface area is 118 Å². The molecule has 1 atom stereocenters. The molecule has 1 aliphatic heterocycles. The van der Waals surface area contributed by atoms with Crippen LogP contribution in [0.5, 0.6) is 5.88 Å². The molecule has 1 aliphatic rings. The summed E-state index contributed by atoms with van der Waals surface area (Å²) in [5.74, 6) is 1.61. The van der Waals surface area contributed by atoms with E-state index in [4.69, 9.17) is 4.74 Å². The number of nitrogens with zero attached hydrogens (tertiary/aromatic N) is 4. The number of H-pyrrole nitrogens is 1. The number of ether oxygens (including phenoxy) is 1. The van der Waals surface area contributed by atoms with Crippen molar-refractivity contribution >= 4 is 0 Å². The zero-order chi connectivity index (χ0) is 13.8. The minimum Gasteiger partial charge on any atom is -0.481 e. The molecule has 3 heterocycles. The standard InChI is InChI=1S/C14H19N5O/c1-20-13-7-4-5-11(17-13)9-19-8-3-2-6-12(19)14-15-10-16-18-14/h4-5,7,10,12H,2-3,6,8-9H2,1H3,(H,15,16,18)/t12-/m1/s1. The lowest BCUT2D eigenvalue weighted by atomic mass is 10.0. The summed E-state index contributed by atoms with van der Waals surface area (Å²) in [4.78, 5) is 11.2. The second-order valence-corrected chi connectivity index (χ2v) is 5.02. The Morgan fingerprint density at radius 3 is 3.15 bits per heavy atom. The van der Waals surface area contributed by atoms with Crippen LogP contribution in [-0.2, 0) is 6.54 Å². The third kappa shape index (κ3) is 2.80. The fourth-order valence-electron chi connectivity index (χ4n) is 2.73. The summed E-state index contributed by atoms with van der Waals surface area (Å²) in [6, 6.07) is 6.19. The maximum Gasteiger partial charge on any atom is 0.213 e. The van der Waals surface area contributed by atoms with Crippen LogP contribution in [0.4, 0.5) is 0 Å². The zero-order valence-electron chi connectivity index (χ0n) is 11.6. The predicted molar refractivity (Wildman–Crippen MR) is 74.2 cm³/mol. The first kappa shape index (κ1) is 13.1. The van der Waals surface area contributed by atoms with Crippen LogP contribution in [0.1, 0.15) is 36.8 Å². The van der Waals surface area contributed by atoms with E-state index < -0.39 is 0 Å². The summed E-state index contributed by atoms with van der Waals surface area (Å²) in [6.07, 6.45) is 5.13. The molecule has 0 aliphatic carbocycles. The van der Waals surface area contributed by atoms with Gasteiger partial charge < -0.3 is 4.74 Å². The minimum atomic E-state index is 0.305. The molecule has 0 radical (unpaired) electrons. The number of rotatable bonds is 4. The molecule has 106 valence electrons. The number of likely N-dealkylation sites (tertiary alicyclic amines) is 1. The van der Waals surface area contributed by atoms with Gasteiger partial charge in [-0.1, -0.05) is 12.5 Å². The van der Waals surface area contributed by atoms with E-state index in [0.717, 1.165) is 31.0 Å². The van der Waals surface area contributed by atoms with Gasteiger partial charge in [-0.05, 0) is 25.5 Å². The van der Waals surface area contributed by atoms with E-state index in [-0.39, 0.29) is 0 Å². The molecule has 2 aromatic heterocycles. The van der Waals surface area contributed by atoms with Crippen LogP contribution in [0.25, 0.3) is 0 Å². The maximum absolute atomic E-state index is 5.18. The lowest BCUT2D eigenvalue weighted by Gasteiger charge is -2.33. The number of pyridine rings is 1. The molecule has 6 heteroatoms. The number of hydrogen-bond donors (Lipinski definition) is 1. The summed E-state index contributed by atoms with van der Waals surface area (Å²) in [5.41, 5.74) is 1.02. The van der Waals surface area contributed by atoms with Crippen LogP contribution in [0, 0.1) is 0 Å². The molecule has 3 rings (SSSR count). The largest absolute Gasteiger partial charge is 0.481 e. The fraction of sp³-hybridized carbons (Fsp3) is 0.500. The molecule has 0 amide bonds. The lowest BCUT2D eigenvalue weighted by Crippen LogP contribution is -2.33. The summed E-state index contributed by atoms with van der Waals surface area (Å²) < 4.78 is 5.18. The van der Waals surface area contributed by atoms with Gasteiger partial charge in [0.25, 0.3) is 0 Å². The molecular formula is C14H19N5O. The van der Waals surface area contributed by atoms with E-state index in [9.17, 15) is 0 Å². The van der Waals surface area contributed by atoms with Gasteiger partial charge in [0.1, 0.15) is 12.2 Å². The molecule has 6 nitrogen and oxygen atoms in total. The molecule has 0 bridgehead atoms. The molecule has 20 heavy (non-hydrogen) atoms. The zero-order valence-corrected chi connectivity index (χ0v) is 11.6. The van der Waals surface area contributed by atoms with Gasteiger partial charge in [0.05, 0.1) is 18.8 Å². The second kappa shape index (κ2) is 6.00. The van der Waals surface area contributed by atoms with Crippen molar-refractivity contribution in [2.45, 2.75) is 31.8 Å². The van der Waals surface area contributed by atoms with Crippen molar-refractivity contribution in [2.24, 2.45) is 0 Å². The molecule has 2 aromatic rings. The van der Waals surface area contributed by atoms with Crippen LogP contribution in [0.15, 0.2) is 24.5 Å². The van der Waals surface area contributed by atoms with E-state index in [1.165, 1.54) is 12.8 Å². The van der Waals surface area contributed by atoms with Crippen molar-refractivity contribution < 1.29 is 4.74 Å². The first-order valence-corrected chi connectivity index (χ1v) is 6.96. The van der Waals surface area contributed by atoms with Crippen molar-refractivity contribution in [2.75, 3.05) is 13.7 Å². The van der Waals surface area contributed by atoms with Crippen LogP contribution in [0.2, 0.25) is 0 Å². The van der Waals surface area contributed by atoms with Gasteiger partial charge in [0.15, 0.2) is 0 Å². The monoisotopic (exact) mass is 273 g/mol. The van der Waals surface area contributed by atoms with Crippen LogP contribution >= 0.6 is 0 Å². The first-order valence-electron chi connectivity index (χ1n) is 6.96. The Bertz CT molecular complexity index is 542. The summed E-state index contributed by atoms with van der Waals surface area (Å²) in [5, 5.41) is 6.97. The van der Waals surface area contributed by atoms with Gasteiger partial charge in [-0.25, -0.2) is 9.97 Å². The Morgan fingerprint density at radius 2 is 2.35 bits per heavy atom. The summed E-state index contributed by atoms with van der Waals surface area (Å²) >= 11 is 0. The highest BCUT2D eigenvalue weighted by atomic mass is 16.5. The quantitative estimate of drug-likeness (QED) is 0.922. The van der Waals surface area contributed by atoms with E-state index in [1.807, 2.05) is 18.2 Å². The number of piperidine rings is 1. The fourth-order valence-corrected chi connectivity index (χ4v) is 2.73. The molecule has 0 spiro atoms. The van der Waals surface area contributed by atoms with E-state index in [0.29, 0.717) is 11.9 Å². The highest BCUT2D eigenvalue weighted by Crippen LogP contribution is 2.29. The van der Waals surface area contributed by atoms with E-state index in [2.05, 4.69) is 25.1 Å². The van der Waals surface area contributed by atoms with Gasteiger partial charge in [-0.15, -0.1) is 0 Å². The number of methoxy groups -OCH3 is 1. The average molecular weight is 273 g/mol. The number of nitrogens with one attached hydrogen (secondary N) is 1. The van der Waals surface area contributed by atoms with Crippen molar-refractivity contribution in [3.8, 4) is 5.88 Å². The molecule has 1 saturated heterocycles. The Morgan fingerprint density at radius 1 is 1.40 bits per heavy atom. The third-order valence-corrected chi connectivity index (χ3v) is 3.72. The van der Waals surface area contributed by atoms with Gasteiger partial charge in [-0.3, -0.25) is 10.00 Å². The van der Waals surface area contributed by atoms with E-state index in [1.54, 1.807) is 13.4 Å². The Balaban J connectivity index is 1.76. The molecule has 1 N–H and O–H groups in total. The highest BCUT2D eigenvalue weighted by molar-refractivity contribution is 5.16. The number of aromatic nitrogens is 4. The first-order chi connectivity index (χ1) is 9.86. The molecule has 0 unspecified atom stereocenters. The smallest absolute Gasteiger partial charge is 0.213 e. The molecule has 0 saturated carbocycles. The van der Waals surface area contributed by atoms with E-state index >= 15 is 0 Å². The highest BCUT2D eigenvalue weighted by Gasteiger charge is 2.26. The van der Waals surface area contributed by atoms with Gasteiger partial charge in [0, 0.05) is 12.6 Å². The Hall–Kier alpha value is -1.95. The average Bonchev–Trinajstić information content (AvgIpc) is 3.02. The minimum absolute atomic E-state index is 0.305. The van der Waals surface area contributed by atoms with Crippen LogP contribution < -0.4 is 4.74 Å². The summed E-state index contributed by atoms with van der Waals surface area (Å²) in [6.45, 7) is 1.87. The Kier molecular flexibility index (Phi) is 3.92. The SMILES string of the molecule is COc1cccc(CN2CCCC[C@@H]2c2ncn[nH]2)n1. The predicted octanol–water partition coefficient (Wildman–Crippen LogP) is 1.94. The van der Waals surface area contributed by atoms with Crippen molar-refractivity contribution in [3.63, 3.8) is 0 Å². The summed E-state index contributed by atoms with van der Waals surface area (Å²) in [7, 11) is 1.64. The molecule has 0 aromatic carbocycles. The number of aromatic amines is 1. The van der Waals surface area contributed by atoms with Crippen LogP contribution in [-0.4, -0.2) is 38.7 Å². The van der Waals surface area contributed by atoms with Crippen molar-refractivity contribution in [1.82, 2.24) is 25.1 Å². The number of hydrogen-bond acceptors (Lipinski definition) is 5. The van der Waals surface area contributed by atoms with Gasteiger partial charge in [0.2, 0.25) is 5.88 Å². The normalized spacial score (nSPS) is 19.9. The van der Waals surface area contributed by atoms with Gasteiger partial charge in [-0.2, -0.15) is 5.10 Å². The molecule has 1 fully saturated rings. The van der Waals surface area contributed by atoms with Crippen LogP contribution in [0.3, 0.4) is 0 Å². The topological polar surface area (TPSA) is 66.9 Å². The van der Waals surface area contributed by atoms with Crippen molar-refractivity contribution in [3.05, 3.63) is 36.0 Å². The second-order valence-electron chi connectivity index (χ2n) is 5.02. The maximum atomic E-state index is 5.18. The molecular weight excluding hydrogens is 254 g/mol.